The van der Waals surface area contributed by atoms with E-state index in [9.17, 15) is 0 Å². The Morgan fingerprint density at radius 2 is 1.61 bits per heavy atom. The third-order valence-electron chi connectivity index (χ3n) is 4.49. The zero-order valence-corrected chi connectivity index (χ0v) is 12.4. The van der Waals surface area contributed by atoms with E-state index in [0.29, 0.717) is 5.41 Å². The van der Waals surface area contributed by atoms with Crippen LogP contribution in [0, 0.1) is 5.41 Å². The topological polar surface area (TPSA) is 38.7 Å². The molecule has 1 aliphatic rings. The molecule has 0 aromatic heterocycles. The van der Waals surface area contributed by atoms with Gasteiger partial charge in [-0.1, -0.05) is 13.8 Å². The number of rotatable bonds is 8. The second kappa shape index (κ2) is 8.10. The van der Waals surface area contributed by atoms with E-state index in [-0.39, 0.29) is 6.61 Å². The summed E-state index contributed by atoms with van der Waals surface area (Å²) in [6.07, 6.45) is 2.47. The maximum atomic E-state index is 8.95. The zero-order valence-electron chi connectivity index (χ0n) is 12.4. The maximum absolute atomic E-state index is 8.95. The summed E-state index contributed by atoms with van der Waals surface area (Å²) in [6, 6.07) is 0. The lowest BCUT2D eigenvalue weighted by Crippen LogP contribution is -2.51. The molecule has 2 N–H and O–H groups in total. The van der Waals surface area contributed by atoms with Crippen LogP contribution in [0.25, 0.3) is 0 Å². The van der Waals surface area contributed by atoms with Gasteiger partial charge in [0.25, 0.3) is 0 Å². The van der Waals surface area contributed by atoms with Gasteiger partial charge in [0, 0.05) is 45.8 Å². The summed E-state index contributed by atoms with van der Waals surface area (Å²) >= 11 is 0. The standard InChI is InChI=1S/C14H31N3O/c1-4-14(5-2,12-15-3)13-17-8-6-16(7-9-17)10-11-18/h15,18H,4-13H2,1-3H3. The van der Waals surface area contributed by atoms with Crippen LogP contribution in [0.15, 0.2) is 0 Å². The molecule has 1 fully saturated rings. The monoisotopic (exact) mass is 257 g/mol. The molecule has 0 spiro atoms. The molecule has 0 bridgehead atoms. The van der Waals surface area contributed by atoms with E-state index in [0.717, 1.165) is 39.3 Å². The van der Waals surface area contributed by atoms with Crippen molar-refractivity contribution in [1.82, 2.24) is 15.1 Å². The SMILES string of the molecule is CCC(CC)(CNC)CN1CCN(CCO)CC1. The highest BCUT2D eigenvalue weighted by molar-refractivity contribution is 4.84. The predicted octanol–water partition coefficient (Wildman–Crippen LogP) is 0.622. The zero-order chi connectivity index (χ0) is 13.4. The third kappa shape index (κ3) is 4.50. The smallest absolute Gasteiger partial charge is 0.0558 e. The molecule has 0 aromatic carbocycles. The van der Waals surface area contributed by atoms with Crippen LogP contribution in [-0.2, 0) is 0 Å². The van der Waals surface area contributed by atoms with Crippen molar-refractivity contribution in [2.45, 2.75) is 26.7 Å². The average molecular weight is 257 g/mol. The Kier molecular flexibility index (Phi) is 7.15. The highest BCUT2D eigenvalue weighted by atomic mass is 16.3. The molecule has 4 nitrogen and oxygen atoms in total. The second-order valence-electron chi connectivity index (χ2n) is 5.58. The molecule has 18 heavy (non-hydrogen) atoms. The highest BCUT2D eigenvalue weighted by Crippen LogP contribution is 2.27. The van der Waals surface area contributed by atoms with Crippen molar-refractivity contribution in [1.29, 1.82) is 0 Å². The first-order valence-corrected chi connectivity index (χ1v) is 7.40. The van der Waals surface area contributed by atoms with Gasteiger partial charge in [-0.3, -0.25) is 4.90 Å². The molecule has 1 rings (SSSR count). The van der Waals surface area contributed by atoms with E-state index >= 15 is 0 Å². The molecule has 0 aliphatic carbocycles. The van der Waals surface area contributed by atoms with Gasteiger partial charge in [-0.2, -0.15) is 0 Å². The third-order valence-corrected chi connectivity index (χ3v) is 4.49. The number of hydrogen-bond donors (Lipinski definition) is 2. The first-order chi connectivity index (χ1) is 8.69. The summed E-state index contributed by atoms with van der Waals surface area (Å²) in [7, 11) is 2.05. The molecule has 1 heterocycles. The van der Waals surface area contributed by atoms with E-state index in [1.165, 1.54) is 19.4 Å². The van der Waals surface area contributed by atoms with Crippen molar-refractivity contribution >= 4 is 0 Å². The number of β-amino-alcohol motifs (C(OH)–C–C–N with tert-alkyl or cyclic N) is 1. The number of piperazine rings is 1. The molecule has 0 aromatic rings. The molecular weight excluding hydrogens is 226 g/mol. The molecule has 0 atom stereocenters. The van der Waals surface area contributed by atoms with Gasteiger partial charge < -0.3 is 15.3 Å². The van der Waals surface area contributed by atoms with Gasteiger partial charge in [-0.05, 0) is 25.3 Å². The van der Waals surface area contributed by atoms with Crippen LogP contribution in [0.3, 0.4) is 0 Å². The lowest BCUT2D eigenvalue weighted by molar-refractivity contribution is 0.0710. The van der Waals surface area contributed by atoms with Crippen LogP contribution < -0.4 is 5.32 Å². The van der Waals surface area contributed by atoms with Crippen molar-refractivity contribution < 1.29 is 5.11 Å². The van der Waals surface area contributed by atoms with E-state index in [4.69, 9.17) is 5.11 Å². The Morgan fingerprint density at radius 3 is 2.06 bits per heavy atom. The van der Waals surface area contributed by atoms with Crippen LogP contribution >= 0.6 is 0 Å². The Balaban J connectivity index is 2.42. The minimum Gasteiger partial charge on any atom is -0.395 e. The summed E-state index contributed by atoms with van der Waals surface area (Å²) in [5.74, 6) is 0. The Hall–Kier alpha value is -0.160. The summed E-state index contributed by atoms with van der Waals surface area (Å²) in [6.45, 7) is 12.5. The van der Waals surface area contributed by atoms with Crippen molar-refractivity contribution in [2.24, 2.45) is 5.41 Å². The van der Waals surface area contributed by atoms with Gasteiger partial charge in [-0.15, -0.1) is 0 Å². The van der Waals surface area contributed by atoms with E-state index in [2.05, 4.69) is 36.0 Å². The Labute approximate surface area is 112 Å². The van der Waals surface area contributed by atoms with Gasteiger partial charge in [0.05, 0.1) is 6.61 Å². The fourth-order valence-electron chi connectivity index (χ4n) is 2.94. The summed E-state index contributed by atoms with van der Waals surface area (Å²) in [5.41, 5.74) is 0.425. The van der Waals surface area contributed by atoms with Crippen LogP contribution in [-0.4, -0.2) is 74.4 Å². The van der Waals surface area contributed by atoms with Crippen molar-refractivity contribution in [3.05, 3.63) is 0 Å². The molecular formula is C14H31N3O. The Morgan fingerprint density at radius 1 is 1.06 bits per heavy atom. The van der Waals surface area contributed by atoms with Gasteiger partial charge in [0.2, 0.25) is 0 Å². The van der Waals surface area contributed by atoms with Crippen LogP contribution in [0.1, 0.15) is 26.7 Å². The highest BCUT2D eigenvalue weighted by Gasteiger charge is 2.29. The summed E-state index contributed by atoms with van der Waals surface area (Å²) in [5, 5.41) is 12.3. The number of aliphatic hydroxyl groups excluding tert-OH is 1. The van der Waals surface area contributed by atoms with Crippen molar-refractivity contribution in [3.8, 4) is 0 Å². The minimum absolute atomic E-state index is 0.285. The predicted molar refractivity (Wildman–Crippen MR) is 76.9 cm³/mol. The number of hydrogen-bond acceptors (Lipinski definition) is 4. The largest absolute Gasteiger partial charge is 0.395 e. The molecule has 1 aliphatic heterocycles. The van der Waals surface area contributed by atoms with Crippen molar-refractivity contribution in [2.75, 3.05) is 59.5 Å². The van der Waals surface area contributed by atoms with Crippen molar-refractivity contribution in [3.63, 3.8) is 0 Å². The first kappa shape index (κ1) is 15.9. The molecule has 1 saturated heterocycles. The van der Waals surface area contributed by atoms with E-state index < -0.39 is 0 Å². The van der Waals surface area contributed by atoms with Crippen LogP contribution in [0.4, 0.5) is 0 Å². The fourth-order valence-corrected chi connectivity index (χ4v) is 2.94. The van der Waals surface area contributed by atoms with Crippen LogP contribution in [0.5, 0.6) is 0 Å². The molecule has 0 unspecified atom stereocenters. The fraction of sp³-hybridized carbons (Fsp3) is 1.00. The van der Waals surface area contributed by atoms with E-state index in [1.54, 1.807) is 0 Å². The number of nitrogens with one attached hydrogen (secondary N) is 1. The van der Waals surface area contributed by atoms with Gasteiger partial charge in [-0.25, -0.2) is 0 Å². The number of aliphatic hydroxyl groups is 1. The maximum Gasteiger partial charge on any atom is 0.0558 e. The quantitative estimate of drug-likeness (QED) is 0.669. The Bertz CT molecular complexity index is 211. The van der Waals surface area contributed by atoms with Crippen LogP contribution in [0.2, 0.25) is 0 Å². The lowest BCUT2D eigenvalue weighted by Gasteiger charge is -2.41. The van der Waals surface area contributed by atoms with Gasteiger partial charge in [0.15, 0.2) is 0 Å². The molecule has 0 amide bonds. The minimum atomic E-state index is 0.285. The summed E-state index contributed by atoms with van der Waals surface area (Å²) in [4.78, 5) is 4.95. The molecule has 108 valence electrons. The van der Waals surface area contributed by atoms with E-state index in [1.807, 2.05) is 0 Å². The summed E-state index contributed by atoms with van der Waals surface area (Å²) < 4.78 is 0. The number of nitrogens with zero attached hydrogens (tertiary/aromatic N) is 2. The normalized spacial score (nSPS) is 19.3. The molecule has 0 saturated carbocycles. The average Bonchev–Trinajstić information content (AvgIpc) is 2.41. The first-order valence-electron chi connectivity index (χ1n) is 7.40. The molecule has 4 heteroatoms. The van der Waals surface area contributed by atoms with Gasteiger partial charge >= 0.3 is 0 Å². The van der Waals surface area contributed by atoms with Gasteiger partial charge in [0.1, 0.15) is 0 Å². The second-order valence-corrected chi connectivity index (χ2v) is 5.58. The molecule has 0 radical (unpaired) electrons. The lowest BCUT2D eigenvalue weighted by atomic mass is 9.81.